The Labute approximate surface area is 126 Å². The molecule has 0 saturated carbocycles. The molecule has 112 valence electrons. The maximum Gasteiger partial charge on any atom is 0.350 e. The summed E-state index contributed by atoms with van der Waals surface area (Å²) in [6, 6.07) is 3.36. The van der Waals surface area contributed by atoms with E-state index in [0.29, 0.717) is 22.3 Å². The van der Waals surface area contributed by atoms with Crippen molar-refractivity contribution in [3.8, 4) is 0 Å². The number of ether oxygens (including phenoxy) is 1. The molecular formula is C14H17N3O3S. The minimum atomic E-state index is -0.411. The highest BCUT2D eigenvalue weighted by Crippen LogP contribution is 2.24. The molecule has 0 spiro atoms. The summed E-state index contributed by atoms with van der Waals surface area (Å²) in [5, 5.41) is 3.13. The van der Waals surface area contributed by atoms with Gasteiger partial charge in [0.2, 0.25) is 5.91 Å². The van der Waals surface area contributed by atoms with E-state index in [2.05, 4.69) is 10.3 Å². The Bertz CT molecular complexity index is 634. The highest BCUT2D eigenvalue weighted by atomic mass is 32.1. The fourth-order valence-corrected chi connectivity index (χ4v) is 2.65. The number of esters is 1. The first kappa shape index (κ1) is 15.2. The minimum absolute atomic E-state index is 0.185. The van der Waals surface area contributed by atoms with Crippen molar-refractivity contribution in [2.45, 2.75) is 26.8 Å². The second kappa shape index (κ2) is 6.53. The Morgan fingerprint density at radius 1 is 1.43 bits per heavy atom. The third kappa shape index (κ3) is 3.49. The van der Waals surface area contributed by atoms with Gasteiger partial charge in [-0.1, -0.05) is 11.3 Å². The van der Waals surface area contributed by atoms with Crippen molar-refractivity contribution in [3.63, 3.8) is 0 Å². The van der Waals surface area contributed by atoms with Crippen molar-refractivity contribution in [3.05, 3.63) is 35.1 Å². The molecule has 0 aliphatic heterocycles. The summed E-state index contributed by atoms with van der Waals surface area (Å²) in [6.07, 6.45) is 3.64. The topological polar surface area (TPSA) is 73.2 Å². The number of rotatable bonds is 5. The lowest BCUT2D eigenvalue weighted by Crippen LogP contribution is -2.22. The zero-order valence-electron chi connectivity index (χ0n) is 12.1. The molecule has 21 heavy (non-hydrogen) atoms. The van der Waals surface area contributed by atoms with Crippen LogP contribution in [-0.2, 0) is 9.53 Å². The van der Waals surface area contributed by atoms with Gasteiger partial charge in [0.1, 0.15) is 10.9 Å². The summed E-state index contributed by atoms with van der Waals surface area (Å²) >= 11 is 1.12. The first-order valence-corrected chi connectivity index (χ1v) is 7.42. The fourth-order valence-electron chi connectivity index (χ4n) is 1.79. The first-order chi connectivity index (χ1) is 10.0. The van der Waals surface area contributed by atoms with E-state index in [9.17, 15) is 9.59 Å². The van der Waals surface area contributed by atoms with Crippen molar-refractivity contribution in [2.75, 3.05) is 11.9 Å². The quantitative estimate of drug-likeness (QED) is 0.862. The Kier molecular flexibility index (Phi) is 4.74. The lowest BCUT2D eigenvalue weighted by molar-refractivity contribution is -0.118. The zero-order valence-corrected chi connectivity index (χ0v) is 12.9. The number of anilines is 1. The first-order valence-electron chi connectivity index (χ1n) is 6.60. The Morgan fingerprint density at radius 2 is 2.10 bits per heavy atom. The average molecular weight is 307 g/mol. The zero-order chi connectivity index (χ0) is 15.4. The van der Waals surface area contributed by atoms with Gasteiger partial charge in [-0.3, -0.25) is 4.79 Å². The number of aryl methyl sites for hydroxylation is 1. The third-order valence-corrected chi connectivity index (χ3v) is 3.99. The van der Waals surface area contributed by atoms with Gasteiger partial charge in [0.25, 0.3) is 0 Å². The summed E-state index contributed by atoms with van der Waals surface area (Å²) < 4.78 is 6.74. The number of carbonyl (C=O) groups is 2. The van der Waals surface area contributed by atoms with Crippen LogP contribution in [0.3, 0.4) is 0 Å². The van der Waals surface area contributed by atoms with Gasteiger partial charge in [0.05, 0.1) is 12.3 Å². The molecule has 2 heterocycles. The molecule has 0 saturated heterocycles. The number of aromatic nitrogens is 2. The van der Waals surface area contributed by atoms with Crippen molar-refractivity contribution >= 4 is 28.3 Å². The molecule has 2 rings (SSSR count). The number of nitrogens with zero attached hydrogens (tertiary/aromatic N) is 2. The number of amides is 1. The van der Waals surface area contributed by atoms with Gasteiger partial charge < -0.3 is 14.6 Å². The number of hydrogen-bond acceptors (Lipinski definition) is 5. The van der Waals surface area contributed by atoms with Gasteiger partial charge in [-0.25, -0.2) is 9.78 Å². The van der Waals surface area contributed by atoms with Crippen LogP contribution in [0.4, 0.5) is 5.13 Å². The molecule has 0 radical (unpaired) electrons. The molecule has 0 aliphatic carbocycles. The molecule has 7 heteroatoms. The van der Waals surface area contributed by atoms with Gasteiger partial charge in [-0.2, -0.15) is 0 Å². The molecule has 1 N–H and O–H groups in total. The molecule has 6 nitrogen and oxygen atoms in total. The molecule has 0 fully saturated rings. The molecule has 0 aliphatic rings. The summed E-state index contributed by atoms with van der Waals surface area (Å²) in [6.45, 7) is 5.56. The Hall–Kier alpha value is -2.15. The van der Waals surface area contributed by atoms with Crippen LogP contribution >= 0.6 is 11.3 Å². The largest absolute Gasteiger partial charge is 0.462 e. The van der Waals surface area contributed by atoms with E-state index < -0.39 is 5.97 Å². The number of thiazole rings is 1. The number of hydrogen-bond donors (Lipinski definition) is 1. The normalized spacial score (nSPS) is 12.0. The second-order valence-corrected chi connectivity index (χ2v) is 5.45. The monoisotopic (exact) mass is 307 g/mol. The van der Waals surface area contributed by atoms with Crippen LogP contribution in [-0.4, -0.2) is 28.0 Å². The smallest absolute Gasteiger partial charge is 0.350 e. The van der Waals surface area contributed by atoms with Crippen LogP contribution in [0.1, 0.15) is 35.3 Å². The summed E-state index contributed by atoms with van der Waals surface area (Å²) in [5.74, 6) is -0.596. The Morgan fingerprint density at radius 3 is 2.71 bits per heavy atom. The summed E-state index contributed by atoms with van der Waals surface area (Å²) in [7, 11) is 0. The van der Waals surface area contributed by atoms with E-state index >= 15 is 0 Å². The highest BCUT2D eigenvalue weighted by Gasteiger charge is 2.20. The Balaban J connectivity index is 2.08. The van der Waals surface area contributed by atoms with Gasteiger partial charge in [-0.15, -0.1) is 0 Å². The molecule has 0 aromatic carbocycles. The van der Waals surface area contributed by atoms with Crippen LogP contribution in [0.25, 0.3) is 0 Å². The SMILES string of the molecule is CCOC(=O)c1sc(NC(=O)[C@H](C)n2cccc2)nc1C. The van der Waals surface area contributed by atoms with Gasteiger partial charge in [-0.05, 0) is 32.9 Å². The summed E-state index contributed by atoms with van der Waals surface area (Å²) in [5.41, 5.74) is 0.558. The molecule has 0 unspecified atom stereocenters. The van der Waals surface area contributed by atoms with Gasteiger partial charge >= 0.3 is 5.97 Å². The molecule has 0 bridgehead atoms. The van der Waals surface area contributed by atoms with E-state index in [1.54, 1.807) is 25.3 Å². The number of carbonyl (C=O) groups excluding carboxylic acids is 2. The van der Waals surface area contributed by atoms with Crippen molar-refractivity contribution in [1.82, 2.24) is 9.55 Å². The predicted octanol–water partition coefficient (Wildman–Crippen LogP) is 2.63. The number of nitrogens with one attached hydrogen (secondary N) is 1. The fraction of sp³-hybridized carbons (Fsp3) is 0.357. The van der Waals surface area contributed by atoms with Gasteiger partial charge in [0, 0.05) is 12.4 Å². The van der Waals surface area contributed by atoms with Gasteiger partial charge in [0.15, 0.2) is 5.13 Å². The standard InChI is InChI=1S/C14H17N3O3S/c1-4-20-13(19)11-9(2)15-14(21-11)16-12(18)10(3)17-7-5-6-8-17/h5-8,10H,4H2,1-3H3,(H,15,16,18)/t10-/m0/s1. The highest BCUT2D eigenvalue weighted by molar-refractivity contribution is 7.17. The molecule has 2 aromatic rings. The minimum Gasteiger partial charge on any atom is -0.462 e. The molecule has 1 amide bonds. The maximum atomic E-state index is 12.1. The van der Waals surface area contributed by atoms with Crippen LogP contribution < -0.4 is 5.32 Å². The van der Waals surface area contributed by atoms with E-state index in [4.69, 9.17) is 4.74 Å². The molecule has 2 aromatic heterocycles. The van der Waals surface area contributed by atoms with E-state index in [1.165, 1.54) is 0 Å². The van der Waals surface area contributed by atoms with Crippen molar-refractivity contribution in [2.24, 2.45) is 0 Å². The van der Waals surface area contributed by atoms with Crippen LogP contribution in [0.5, 0.6) is 0 Å². The van der Waals surface area contributed by atoms with Crippen molar-refractivity contribution < 1.29 is 14.3 Å². The predicted molar refractivity (Wildman–Crippen MR) is 80.6 cm³/mol. The second-order valence-electron chi connectivity index (χ2n) is 4.45. The van der Waals surface area contributed by atoms with E-state index in [0.717, 1.165) is 11.3 Å². The maximum absolute atomic E-state index is 12.1. The summed E-state index contributed by atoms with van der Waals surface area (Å²) in [4.78, 5) is 28.5. The van der Waals surface area contributed by atoms with Crippen LogP contribution in [0, 0.1) is 6.92 Å². The van der Waals surface area contributed by atoms with E-state index in [-0.39, 0.29) is 11.9 Å². The van der Waals surface area contributed by atoms with Crippen LogP contribution in [0.2, 0.25) is 0 Å². The lowest BCUT2D eigenvalue weighted by Gasteiger charge is -2.12. The van der Waals surface area contributed by atoms with E-state index in [1.807, 2.05) is 24.5 Å². The van der Waals surface area contributed by atoms with Crippen LogP contribution in [0.15, 0.2) is 24.5 Å². The third-order valence-electron chi connectivity index (χ3n) is 2.94. The molecule has 1 atom stereocenters. The lowest BCUT2D eigenvalue weighted by atomic mass is 10.3. The average Bonchev–Trinajstić information content (AvgIpc) is 3.07. The van der Waals surface area contributed by atoms with Crippen molar-refractivity contribution in [1.29, 1.82) is 0 Å². The molecular weight excluding hydrogens is 290 g/mol.